The van der Waals surface area contributed by atoms with E-state index in [4.69, 9.17) is 19.7 Å². The predicted octanol–water partition coefficient (Wildman–Crippen LogP) is 0.915. The summed E-state index contributed by atoms with van der Waals surface area (Å²) in [7, 11) is 3.01. The molecular formula is C11H18O6. The molecule has 0 rings (SSSR count). The number of ether oxygens (including phenoxy) is 2. The Morgan fingerprint density at radius 3 is 1.76 bits per heavy atom. The van der Waals surface area contributed by atoms with Crippen molar-refractivity contribution in [2.75, 3.05) is 27.4 Å². The molecule has 6 heteroatoms. The van der Waals surface area contributed by atoms with Crippen molar-refractivity contribution in [3.8, 4) is 0 Å². The molecule has 2 N–H and O–H groups in total. The quantitative estimate of drug-likeness (QED) is 0.587. The second kappa shape index (κ2) is 8.72. The van der Waals surface area contributed by atoms with Crippen LogP contribution in [0.4, 0.5) is 0 Å². The maximum absolute atomic E-state index is 11.0. The zero-order valence-corrected chi connectivity index (χ0v) is 10.1. The Morgan fingerprint density at radius 1 is 1.00 bits per heavy atom. The molecule has 0 bridgehead atoms. The third-order valence-corrected chi connectivity index (χ3v) is 2.23. The van der Waals surface area contributed by atoms with Crippen LogP contribution in [0.15, 0.2) is 11.1 Å². The number of hydrogen-bond acceptors (Lipinski definition) is 4. The Balaban J connectivity index is 4.92. The molecule has 0 aromatic heterocycles. The highest BCUT2D eigenvalue weighted by Gasteiger charge is 2.17. The number of hydrogen-bond donors (Lipinski definition) is 2. The Kier molecular flexibility index (Phi) is 8.00. The summed E-state index contributed by atoms with van der Waals surface area (Å²) in [6.45, 7) is 0.713. The number of methoxy groups -OCH3 is 2. The van der Waals surface area contributed by atoms with Crippen LogP contribution in [0.5, 0.6) is 0 Å². The second-order valence-electron chi connectivity index (χ2n) is 3.44. The first-order valence-electron chi connectivity index (χ1n) is 5.16. The second-order valence-corrected chi connectivity index (χ2v) is 3.44. The molecule has 0 spiro atoms. The summed E-state index contributed by atoms with van der Waals surface area (Å²) in [6.07, 6.45) is 0.307. The molecule has 17 heavy (non-hydrogen) atoms. The Labute approximate surface area is 99.8 Å². The SMILES string of the molecule is COCCC(CCOC)=C(CC(=O)O)C(=O)O. The summed E-state index contributed by atoms with van der Waals surface area (Å²) in [6, 6.07) is 0. The van der Waals surface area contributed by atoms with Gasteiger partial charge in [-0.1, -0.05) is 5.57 Å². The maximum Gasteiger partial charge on any atom is 0.332 e. The predicted molar refractivity (Wildman–Crippen MR) is 59.9 cm³/mol. The highest BCUT2D eigenvalue weighted by Crippen LogP contribution is 2.17. The third kappa shape index (κ3) is 6.70. The van der Waals surface area contributed by atoms with Crippen LogP contribution in [-0.2, 0) is 19.1 Å². The lowest BCUT2D eigenvalue weighted by molar-refractivity contribution is -0.139. The molecule has 6 nitrogen and oxygen atoms in total. The highest BCUT2D eigenvalue weighted by molar-refractivity contribution is 5.92. The summed E-state index contributed by atoms with van der Waals surface area (Å²) < 4.78 is 9.74. The maximum atomic E-state index is 11.0. The van der Waals surface area contributed by atoms with Crippen molar-refractivity contribution in [1.29, 1.82) is 0 Å². The molecule has 0 heterocycles. The van der Waals surface area contributed by atoms with Crippen LogP contribution in [0.3, 0.4) is 0 Å². The number of carboxylic acids is 2. The minimum Gasteiger partial charge on any atom is -0.481 e. The van der Waals surface area contributed by atoms with Gasteiger partial charge in [0.15, 0.2) is 0 Å². The van der Waals surface area contributed by atoms with Crippen molar-refractivity contribution in [1.82, 2.24) is 0 Å². The first-order chi connectivity index (χ1) is 8.02. The lowest BCUT2D eigenvalue weighted by Crippen LogP contribution is -2.12. The average molecular weight is 246 g/mol. The van der Waals surface area contributed by atoms with E-state index in [1.807, 2.05) is 0 Å². The van der Waals surface area contributed by atoms with Gasteiger partial charge in [0.1, 0.15) is 0 Å². The van der Waals surface area contributed by atoms with Gasteiger partial charge in [0.2, 0.25) is 0 Å². The molecule has 0 fully saturated rings. The van der Waals surface area contributed by atoms with Gasteiger partial charge < -0.3 is 19.7 Å². The minimum absolute atomic E-state index is 0.0772. The summed E-state index contributed by atoms with van der Waals surface area (Å²) in [5.74, 6) is -2.36. The lowest BCUT2D eigenvalue weighted by atomic mass is 10.00. The first-order valence-corrected chi connectivity index (χ1v) is 5.16. The monoisotopic (exact) mass is 246 g/mol. The fourth-order valence-corrected chi connectivity index (χ4v) is 1.38. The van der Waals surface area contributed by atoms with E-state index in [2.05, 4.69) is 0 Å². The third-order valence-electron chi connectivity index (χ3n) is 2.23. The number of aliphatic carboxylic acids is 2. The van der Waals surface area contributed by atoms with E-state index < -0.39 is 18.4 Å². The molecule has 0 saturated heterocycles. The smallest absolute Gasteiger partial charge is 0.332 e. The average Bonchev–Trinajstić information content (AvgIpc) is 2.26. The van der Waals surface area contributed by atoms with E-state index in [0.717, 1.165) is 0 Å². The van der Waals surface area contributed by atoms with E-state index in [1.165, 1.54) is 14.2 Å². The highest BCUT2D eigenvalue weighted by atomic mass is 16.5. The van der Waals surface area contributed by atoms with Gasteiger partial charge in [-0.05, 0) is 12.8 Å². The number of carbonyl (C=O) groups is 2. The van der Waals surface area contributed by atoms with E-state index in [1.54, 1.807) is 0 Å². The van der Waals surface area contributed by atoms with Crippen molar-refractivity contribution in [3.05, 3.63) is 11.1 Å². The van der Waals surface area contributed by atoms with Crippen molar-refractivity contribution in [3.63, 3.8) is 0 Å². The van der Waals surface area contributed by atoms with Crippen LogP contribution in [0.1, 0.15) is 19.3 Å². The van der Waals surface area contributed by atoms with Gasteiger partial charge in [-0.15, -0.1) is 0 Å². The molecule has 0 aliphatic rings. The Bertz CT molecular complexity index is 284. The molecule has 0 aliphatic heterocycles. The summed E-state index contributed by atoms with van der Waals surface area (Å²) in [4.78, 5) is 21.6. The molecule has 0 unspecified atom stereocenters. The van der Waals surface area contributed by atoms with Gasteiger partial charge in [-0.2, -0.15) is 0 Å². The molecule has 0 radical (unpaired) electrons. The topological polar surface area (TPSA) is 93.1 Å². The van der Waals surface area contributed by atoms with Gasteiger partial charge in [0, 0.05) is 33.0 Å². The van der Waals surface area contributed by atoms with Crippen LogP contribution in [0.25, 0.3) is 0 Å². The molecule has 0 amide bonds. The van der Waals surface area contributed by atoms with Crippen molar-refractivity contribution in [2.45, 2.75) is 19.3 Å². The fourth-order valence-electron chi connectivity index (χ4n) is 1.38. The zero-order valence-electron chi connectivity index (χ0n) is 10.1. The van der Waals surface area contributed by atoms with E-state index >= 15 is 0 Å². The van der Waals surface area contributed by atoms with Gasteiger partial charge in [-0.3, -0.25) is 4.79 Å². The van der Waals surface area contributed by atoms with Gasteiger partial charge in [-0.25, -0.2) is 4.79 Å². The molecule has 0 aromatic rings. The van der Waals surface area contributed by atoms with Crippen molar-refractivity contribution < 1.29 is 29.3 Å². The molecule has 0 aromatic carbocycles. The van der Waals surface area contributed by atoms with E-state index in [9.17, 15) is 9.59 Å². The lowest BCUT2D eigenvalue weighted by Gasteiger charge is -2.10. The number of rotatable bonds is 9. The van der Waals surface area contributed by atoms with E-state index in [0.29, 0.717) is 31.6 Å². The minimum atomic E-state index is -1.20. The Morgan fingerprint density at radius 2 is 1.47 bits per heavy atom. The summed E-state index contributed by atoms with van der Waals surface area (Å²) in [5, 5.41) is 17.7. The number of carboxylic acid groups (broad SMARTS) is 2. The van der Waals surface area contributed by atoms with Crippen LogP contribution in [0.2, 0.25) is 0 Å². The normalized spacial score (nSPS) is 10.0. The molecular weight excluding hydrogens is 228 g/mol. The molecule has 0 atom stereocenters. The first kappa shape index (κ1) is 15.6. The van der Waals surface area contributed by atoms with Crippen LogP contribution in [0, 0.1) is 0 Å². The fraction of sp³-hybridized carbons (Fsp3) is 0.636. The largest absolute Gasteiger partial charge is 0.481 e. The summed E-state index contributed by atoms with van der Waals surface area (Å²) >= 11 is 0. The molecule has 98 valence electrons. The van der Waals surface area contributed by atoms with Crippen LogP contribution in [-0.4, -0.2) is 49.6 Å². The van der Waals surface area contributed by atoms with Crippen LogP contribution < -0.4 is 0 Å². The molecule has 0 aliphatic carbocycles. The van der Waals surface area contributed by atoms with E-state index in [-0.39, 0.29) is 5.57 Å². The standard InChI is InChI=1S/C11H18O6/c1-16-5-3-8(4-6-17-2)9(11(14)15)7-10(12)13/h3-7H2,1-2H3,(H,12,13)(H,14,15). The van der Waals surface area contributed by atoms with Gasteiger partial charge >= 0.3 is 11.9 Å². The zero-order chi connectivity index (χ0) is 13.3. The summed E-state index contributed by atoms with van der Waals surface area (Å²) in [5.41, 5.74) is 0.482. The van der Waals surface area contributed by atoms with Crippen molar-refractivity contribution in [2.24, 2.45) is 0 Å². The molecule has 0 saturated carbocycles. The van der Waals surface area contributed by atoms with Gasteiger partial charge in [0.25, 0.3) is 0 Å². The van der Waals surface area contributed by atoms with Crippen LogP contribution >= 0.6 is 0 Å². The Hall–Kier alpha value is -1.40. The van der Waals surface area contributed by atoms with Crippen molar-refractivity contribution >= 4 is 11.9 Å². The van der Waals surface area contributed by atoms with Gasteiger partial charge in [0.05, 0.1) is 6.42 Å².